The van der Waals surface area contributed by atoms with E-state index in [9.17, 15) is 4.79 Å². The third-order valence-electron chi connectivity index (χ3n) is 2.38. The van der Waals surface area contributed by atoms with Crippen LogP contribution in [0, 0.1) is 6.92 Å². The van der Waals surface area contributed by atoms with E-state index < -0.39 is 0 Å². The first-order valence-corrected chi connectivity index (χ1v) is 6.09. The minimum atomic E-state index is -0.313. The Bertz CT molecular complexity index is 376. The Labute approximate surface area is 129 Å². The maximum absolute atomic E-state index is 11.8. The third-order valence-corrected chi connectivity index (χ3v) is 2.38. The van der Waals surface area contributed by atoms with Gasteiger partial charge in [0.1, 0.15) is 12.7 Å². The number of allylic oxidation sites excluding steroid dienone is 1. The van der Waals surface area contributed by atoms with Gasteiger partial charge in [-0.2, -0.15) is 6.42 Å². The number of rotatable bonds is 7. The van der Waals surface area contributed by atoms with Crippen LogP contribution in [0.15, 0.2) is 42.7 Å². The number of benzene rings is 1. The van der Waals surface area contributed by atoms with Crippen LogP contribution in [0.4, 0.5) is 0 Å². The van der Waals surface area contributed by atoms with Gasteiger partial charge in [-0.15, -0.1) is 0 Å². The zero-order valence-corrected chi connectivity index (χ0v) is 13.1. The van der Waals surface area contributed by atoms with Gasteiger partial charge >= 0.3 is 5.97 Å². The normalized spacial score (nSPS) is 11.7. The Morgan fingerprint density at radius 2 is 2.05 bits per heavy atom. The largest absolute Gasteiger partial charge is 0.498 e. The Morgan fingerprint density at radius 3 is 2.63 bits per heavy atom. The van der Waals surface area contributed by atoms with Crippen molar-refractivity contribution in [2.75, 3.05) is 6.61 Å². The van der Waals surface area contributed by atoms with Crippen molar-refractivity contribution in [1.29, 1.82) is 0 Å². The van der Waals surface area contributed by atoms with E-state index in [4.69, 9.17) is 9.47 Å². The molecule has 1 atom stereocenters. The molecule has 0 aliphatic rings. The first-order valence-electron chi connectivity index (χ1n) is 6.09. The fourth-order valence-electron chi connectivity index (χ4n) is 1.33. The average Bonchev–Trinajstić information content (AvgIpc) is 2.43. The number of carbonyl (C=O) groups is 1. The first kappa shape index (κ1) is 17.9. The van der Waals surface area contributed by atoms with E-state index in [1.54, 1.807) is 18.4 Å². The molecule has 0 unspecified atom stereocenters. The Hall–Kier alpha value is -1.08. The molecule has 0 aromatic heterocycles. The van der Waals surface area contributed by atoms with Gasteiger partial charge in [-0.05, 0) is 18.6 Å². The summed E-state index contributed by atoms with van der Waals surface area (Å²) in [7, 11) is 0. The first-order chi connectivity index (χ1) is 8.77. The van der Waals surface area contributed by atoms with Gasteiger partial charge in [-0.1, -0.05) is 31.2 Å². The summed E-state index contributed by atoms with van der Waals surface area (Å²) in [5.41, 5.74) is 0.559. The minimum absolute atomic E-state index is 0. The van der Waals surface area contributed by atoms with Gasteiger partial charge in [0.25, 0.3) is 0 Å². The van der Waals surface area contributed by atoms with Crippen LogP contribution in [0.3, 0.4) is 0 Å². The summed E-state index contributed by atoms with van der Waals surface area (Å²) in [4.78, 5) is 11.8. The van der Waals surface area contributed by atoms with Crippen LogP contribution < -0.4 is 0 Å². The zero-order valence-electron chi connectivity index (χ0n) is 11.1. The van der Waals surface area contributed by atoms with Crippen LogP contribution >= 0.6 is 0 Å². The summed E-state index contributed by atoms with van der Waals surface area (Å²) < 4.78 is 10.6. The van der Waals surface area contributed by atoms with Crippen LogP contribution in [0.5, 0.6) is 0 Å². The Kier molecular flexibility index (Phi) is 10.2. The summed E-state index contributed by atoms with van der Waals surface area (Å²) in [6.07, 6.45) is 4.57. The predicted molar refractivity (Wildman–Crippen MR) is 71.0 cm³/mol. The summed E-state index contributed by atoms with van der Waals surface area (Å²) in [6, 6.07) is 8.95. The monoisotopic (exact) mass is 345 g/mol. The molecule has 0 heterocycles. The number of hydrogen-bond acceptors (Lipinski definition) is 3. The Balaban J connectivity index is 0.00000324. The van der Waals surface area contributed by atoms with Crippen molar-refractivity contribution in [3.05, 3.63) is 55.2 Å². The van der Waals surface area contributed by atoms with Crippen LogP contribution in [0.2, 0.25) is 0 Å². The summed E-state index contributed by atoms with van der Waals surface area (Å²) in [5, 5.41) is 0. The van der Waals surface area contributed by atoms with Gasteiger partial charge in [0, 0.05) is 21.1 Å². The summed E-state index contributed by atoms with van der Waals surface area (Å²) in [5.74, 6) is -0.313. The molecule has 0 aliphatic carbocycles. The van der Waals surface area contributed by atoms with Crippen LogP contribution in [-0.2, 0) is 30.5 Å². The maximum atomic E-state index is 11.8. The molecule has 104 valence electrons. The van der Waals surface area contributed by atoms with E-state index in [2.05, 4.69) is 6.92 Å². The zero-order chi connectivity index (χ0) is 13.2. The molecule has 0 radical (unpaired) electrons. The standard InChI is InChI=1S/C15H19O3.Mo/c1-3-5-11-17-12-14(4-2)18-15(16)13-9-7-6-8-10-13;/h5-11,14H,1,3-4,12H2,2H3;/q-1;/b11-5-;/t14-;/m1./s1. The van der Waals surface area contributed by atoms with E-state index in [-0.39, 0.29) is 33.1 Å². The van der Waals surface area contributed by atoms with Crippen molar-refractivity contribution in [2.24, 2.45) is 0 Å². The minimum Gasteiger partial charge on any atom is -0.498 e. The predicted octanol–water partition coefficient (Wildman–Crippen LogP) is 3.37. The summed E-state index contributed by atoms with van der Waals surface area (Å²) >= 11 is 0. The Morgan fingerprint density at radius 1 is 1.37 bits per heavy atom. The van der Waals surface area contributed by atoms with Crippen LogP contribution in [-0.4, -0.2) is 18.7 Å². The van der Waals surface area contributed by atoms with Gasteiger partial charge in [0.15, 0.2) is 0 Å². The van der Waals surface area contributed by atoms with E-state index in [1.165, 1.54) is 0 Å². The van der Waals surface area contributed by atoms with E-state index in [0.29, 0.717) is 18.6 Å². The molecule has 0 bridgehead atoms. The second-order valence-electron chi connectivity index (χ2n) is 3.80. The molecule has 0 spiro atoms. The van der Waals surface area contributed by atoms with Crippen LogP contribution in [0.1, 0.15) is 30.1 Å². The number of carbonyl (C=O) groups excluding carboxylic acids is 1. The molecule has 0 fully saturated rings. The molecule has 19 heavy (non-hydrogen) atoms. The molecule has 4 heteroatoms. The topological polar surface area (TPSA) is 35.5 Å². The molecule has 1 aromatic rings. The third kappa shape index (κ3) is 7.17. The van der Waals surface area contributed by atoms with E-state index in [0.717, 1.165) is 6.42 Å². The molecule has 3 nitrogen and oxygen atoms in total. The van der Waals surface area contributed by atoms with Crippen molar-refractivity contribution >= 4 is 5.97 Å². The van der Waals surface area contributed by atoms with Crippen LogP contribution in [0.25, 0.3) is 0 Å². The quantitative estimate of drug-likeness (QED) is 0.330. The van der Waals surface area contributed by atoms with Crippen molar-refractivity contribution in [2.45, 2.75) is 25.9 Å². The smallest absolute Gasteiger partial charge is 0.338 e. The second-order valence-corrected chi connectivity index (χ2v) is 3.80. The van der Waals surface area contributed by atoms with Gasteiger partial charge in [0.05, 0.1) is 11.8 Å². The molecule has 0 saturated carbocycles. The maximum Gasteiger partial charge on any atom is 0.338 e. The van der Waals surface area contributed by atoms with E-state index in [1.807, 2.05) is 31.2 Å². The fraction of sp³-hybridized carbons (Fsp3) is 0.333. The van der Waals surface area contributed by atoms with Crippen molar-refractivity contribution in [1.82, 2.24) is 0 Å². The average molecular weight is 343 g/mol. The molecule has 0 N–H and O–H groups in total. The van der Waals surface area contributed by atoms with E-state index >= 15 is 0 Å². The number of esters is 1. The molecular weight excluding hydrogens is 324 g/mol. The fourth-order valence-corrected chi connectivity index (χ4v) is 1.33. The van der Waals surface area contributed by atoms with Gasteiger partial charge < -0.3 is 16.4 Å². The molecule has 0 aliphatic heterocycles. The molecule has 1 aromatic carbocycles. The number of ether oxygens (including phenoxy) is 2. The summed E-state index contributed by atoms with van der Waals surface area (Å²) in [6.45, 7) is 5.98. The van der Waals surface area contributed by atoms with Gasteiger partial charge in [-0.25, -0.2) is 4.79 Å². The number of hydrogen-bond donors (Lipinski definition) is 0. The SMILES string of the molecule is [CH2-]C/C=C\OC[C@@H](CC)OC(=O)c1ccccc1.[Mo]. The van der Waals surface area contributed by atoms with Crippen molar-refractivity contribution in [3.8, 4) is 0 Å². The molecular formula is C15H19MoO3-. The van der Waals surface area contributed by atoms with Crippen molar-refractivity contribution in [3.63, 3.8) is 0 Å². The van der Waals surface area contributed by atoms with Gasteiger partial charge in [-0.3, -0.25) is 0 Å². The van der Waals surface area contributed by atoms with Crippen molar-refractivity contribution < 1.29 is 35.3 Å². The molecule has 1 rings (SSSR count). The molecule has 0 saturated heterocycles. The van der Waals surface area contributed by atoms with Gasteiger partial charge in [0.2, 0.25) is 0 Å². The second kappa shape index (κ2) is 10.8. The molecule has 0 amide bonds.